The summed E-state index contributed by atoms with van der Waals surface area (Å²) >= 11 is 0. The molecule has 0 saturated carbocycles. The maximum Gasteiger partial charge on any atom is 0.490 e. The van der Waals surface area contributed by atoms with E-state index >= 15 is 0 Å². The van der Waals surface area contributed by atoms with Crippen LogP contribution in [0.25, 0.3) is 10.9 Å². The number of piperidine rings is 1. The fourth-order valence-corrected chi connectivity index (χ4v) is 5.00. The van der Waals surface area contributed by atoms with Crippen molar-refractivity contribution in [3.8, 4) is 0 Å². The standard InChI is InChI=1S/C22H27N3O2.2C2HF3O2/c26-22(17-10-16-6-2-3-7-20(16)23-11-17)25-13-19-18(15-27-21(19)14-25)12-24-8-4-1-5-9-24;2*3-2(4,5)1(6)7/h2-3,6-7,10-11,18-19,21H,1,4-5,8-9,12-15H2;2*(H,6,7)/t18-,19+,21+;;/m0../s1. The second kappa shape index (κ2) is 13.5. The molecule has 3 aliphatic heterocycles. The van der Waals surface area contributed by atoms with Crippen molar-refractivity contribution in [1.82, 2.24) is 14.8 Å². The van der Waals surface area contributed by atoms with Gasteiger partial charge in [-0.15, -0.1) is 0 Å². The molecule has 3 aliphatic rings. The van der Waals surface area contributed by atoms with Crippen LogP contribution in [0.1, 0.15) is 29.6 Å². The van der Waals surface area contributed by atoms with E-state index in [4.69, 9.17) is 24.5 Å². The quantitative estimate of drug-likeness (QED) is 0.512. The number of carbonyl (C=O) groups is 3. The number of nitrogens with zero attached hydrogens (tertiary/aromatic N) is 3. The number of pyridine rings is 1. The largest absolute Gasteiger partial charge is 0.490 e. The van der Waals surface area contributed by atoms with Crippen LogP contribution >= 0.6 is 0 Å². The third kappa shape index (κ3) is 9.01. The summed E-state index contributed by atoms with van der Waals surface area (Å²) in [5, 5.41) is 15.3. The van der Waals surface area contributed by atoms with Crippen molar-refractivity contribution < 1.29 is 55.7 Å². The molecule has 3 atom stereocenters. The third-order valence-corrected chi connectivity index (χ3v) is 6.99. The van der Waals surface area contributed by atoms with Gasteiger partial charge in [0.2, 0.25) is 0 Å². The summed E-state index contributed by atoms with van der Waals surface area (Å²) in [4.78, 5) is 39.9. The fraction of sp³-hybridized carbons (Fsp3) is 0.538. The number of carbonyl (C=O) groups excluding carboxylic acids is 1. The molecule has 0 bridgehead atoms. The number of carboxylic acids is 2. The summed E-state index contributed by atoms with van der Waals surface area (Å²) < 4.78 is 69.6. The highest BCUT2D eigenvalue weighted by Crippen LogP contribution is 2.35. The molecule has 3 fully saturated rings. The molecule has 2 aromatic rings. The summed E-state index contributed by atoms with van der Waals surface area (Å²) in [6.45, 7) is 5.95. The summed E-state index contributed by atoms with van der Waals surface area (Å²) in [5.74, 6) is -4.40. The van der Waals surface area contributed by atoms with Crippen LogP contribution in [0.2, 0.25) is 0 Å². The van der Waals surface area contributed by atoms with Crippen molar-refractivity contribution >= 4 is 28.7 Å². The van der Waals surface area contributed by atoms with Gasteiger partial charge in [-0.25, -0.2) is 9.59 Å². The Bertz CT molecular complexity index is 1190. The molecule has 2 N–H and O–H groups in total. The molecule has 0 radical (unpaired) electrons. The first-order valence-electron chi connectivity index (χ1n) is 12.7. The average Bonchev–Trinajstić information content (AvgIpc) is 3.50. The zero-order valence-electron chi connectivity index (χ0n) is 21.7. The van der Waals surface area contributed by atoms with Crippen LogP contribution in [0, 0.1) is 11.8 Å². The van der Waals surface area contributed by atoms with Gasteiger partial charge in [-0.2, -0.15) is 26.3 Å². The van der Waals surface area contributed by atoms with Gasteiger partial charge in [0, 0.05) is 43.1 Å². The lowest BCUT2D eigenvalue weighted by molar-refractivity contribution is -0.193. The smallest absolute Gasteiger partial charge is 0.475 e. The van der Waals surface area contributed by atoms with Crippen LogP contribution in [0.4, 0.5) is 26.3 Å². The second-order valence-corrected chi connectivity index (χ2v) is 9.89. The molecule has 0 spiro atoms. The normalized spacial score (nSPS) is 22.7. The molecule has 1 amide bonds. The first-order valence-corrected chi connectivity index (χ1v) is 12.7. The minimum atomic E-state index is -5.08. The topological polar surface area (TPSA) is 120 Å². The number of likely N-dealkylation sites (tertiary alicyclic amines) is 2. The number of amides is 1. The number of halogens is 6. The number of para-hydroxylation sites is 1. The summed E-state index contributed by atoms with van der Waals surface area (Å²) in [7, 11) is 0. The molecule has 0 unspecified atom stereocenters. The van der Waals surface area contributed by atoms with Crippen molar-refractivity contribution in [2.75, 3.05) is 39.3 Å². The molecule has 5 rings (SSSR count). The molecule has 41 heavy (non-hydrogen) atoms. The van der Waals surface area contributed by atoms with Gasteiger partial charge in [0.15, 0.2) is 0 Å². The van der Waals surface area contributed by atoms with Gasteiger partial charge in [-0.1, -0.05) is 24.6 Å². The number of ether oxygens (including phenoxy) is 1. The zero-order chi connectivity index (χ0) is 30.4. The first-order chi connectivity index (χ1) is 19.2. The molecule has 0 aliphatic carbocycles. The minimum absolute atomic E-state index is 0.0861. The van der Waals surface area contributed by atoms with Crippen LogP contribution < -0.4 is 0 Å². The van der Waals surface area contributed by atoms with Gasteiger partial charge in [-0.05, 0) is 38.1 Å². The van der Waals surface area contributed by atoms with Crippen molar-refractivity contribution in [2.45, 2.75) is 37.7 Å². The Balaban J connectivity index is 0.000000276. The minimum Gasteiger partial charge on any atom is -0.475 e. The van der Waals surface area contributed by atoms with E-state index in [1.165, 1.54) is 32.4 Å². The highest BCUT2D eigenvalue weighted by molar-refractivity contribution is 5.97. The number of fused-ring (bicyclic) bond motifs is 2. The van der Waals surface area contributed by atoms with Crippen LogP contribution in [0.5, 0.6) is 0 Å². The van der Waals surface area contributed by atoms with E-state index in [0.717, 1.165) is 30.6 Å². The molecule has 9 nitrogen and oxygen atoms in total. The van der Waals surface area contributed by atoms with Gasteiger partial charge < -0.3 is 24.7 Å². The Kier molecular flexibility index (Phi) is 10.5. The number of alkyl halides is 6. The predicted octanol–water partition coefficient (Wildman–Crippen LogP) is 4.07. The van der Waals surface area contributed by atoms with Crippen molar-refractivity contribution in [3.05, 3.63) is 42.1 Å². The Hall–Kier alpha value is -3.46. The number of hydrogen-bond acceptors (Lipinski definition) is 6. The molecule has 3 saturated heterocycles. The Labute approximate surface area is 230 Å². The summed E-state index contributed by atoms with van der Waals surface area (Å²) in [6, 6.07) is 9.90. The zero-order valence-corrected chi connectivity index (χ0v) is 21.7. The predicted molar refractivity (Wildman–Crippen MR) is 132 cm³/mol. The fourth-order valence-electron chi connectivity index (χ4n) is 5.00. The molecule has 4 heterocycles. The van der Waals surface area contributed by atoms with E-state index in [9.17, 15) is 31.1 Å². The molecule has 15 heteroatoms. The van der Waals surface area contributed by atoms with E-state index in [1.54, 1.807) is 6.20 Å². The number of benzene rings is 1. The summed E-state index contributed by atoms with van der Waals surface area (Å²) in [6.07, 6.45) is -4.24. The number of rotatable bonds is 3. The number of hydrogen-bond donors (Lipinski definition) is 2. The molecule has 1 aromatic heterocycles. The SMILES string of the molecule is O=C(O)C(F)(F)F.O=C(O)C(F)(F)F.O=C(c1cnc2ccccc2c1)N1C[C@@H]2[C@@H](CN3CCCCC3)CO[C@@H]2C1. The average molecular weight is 594 g/mol. The van der Waals surface area contributed by atoms with Crippen molar-refractivity contribution in [1.29, 1.82) is 0 Å². The Morgan fingerprint density at radius 2 is 1.51 bits per heavy atom. The third-order valence-electron chi connectivity index (χ3n) is 6.99. The molecule has 226 valence electrons. The highest BCUT2D eigenvalue weighted by Gasteiger charge is 2.45. The lowest BCUT2D eigenvalue weighted by atomic mass is 9.92. The van der Waals surface area contributed by atoms with Crippen LogP contribution in [-0.4, -0.2) is 101 Å². The maximum absolute atomic E-state index is 13.0. The van der Waals surface area contributed by atoms with Gasteiger partial charge >= 0.3 is 24.3 Å². The molecular weight excluding hydrogens is 564 g/mol. The number of aromatic nitrogens is 1. The number of carboxylic acid groups (broad SMARTS) is 2. The van der Waals surface area contributed by atoms with Crippen LogP contribution in [-0.2, 0) is 14.3 Å². The van der Waals surface area contributed by atoms with Crippen molar-refractivity contribution in [2.24, 2.45) is 11.8 Å². The van der Waals surface area contributed by atoms with E-state index in [-0.39, 0.29) is 12.0 Å². The van der Waals surface area contributed by atoms with E-state index in [1.807, 2.05) is 35.2 Å². The van der Waals surface area contributed by atoms with Gasteiger partial charge in [0.05, 0.1) is 23.8 Å². The van der Waals surface area contributed by atoms with Crippen LogP contribution in [0.3, 0.4) is 0 Å². The van der Waals surface area contributed by atoms with Gasteiger partial charge in [0.25, 0.3) is 5.91 Å². The first kappa shape index (κ1) is 32.1. The Morgan fingerprint density at radius 1 is 0.927 bits per heavy atom. The lowest BCUT2D eigenvalue weighted by Gasteiger charge is -2.30. The lowest BCUT2D eigenvalue weighted by Crippen LogP contribution is -2.38. The Morgan fingerprint density at radius 3 is 2.10 bits per heavy atom. The van der Waals surface area contributed by atoms with E-state index in [2.05, 4.69) is 9.88 Å². The van der Waals surface area contributed by atoms with Crippen LogP contribution in [0.15, 0.2) is 36.5 Å². The monoisotopic (exact) mass is 593 g/mol. The van der Waals surface area contributed by atoms with E-state index < -0.39 is 24.3 Å². The molecule has 1 aromatic carbocycles. The van der Waals surface area contributed by atoms with Gasteiger partial charge in [0.1, 0.15) is 0 Å². The summed E-state index contributed by atoms with van der Waals surface area (Å²) in [5.41, 5.74) is 1.61. The highest BCUT2D eigenvalue weighted by atomic mass is 19.4. The molecular formula is C26H29F6N3O6. The maximum atomic E-state index is 13.0. The second-order valence-electron chi connectivity index (χ2n) is 9.89. The number of aliphatic carboxylic acids is 2. The van der Waals surface area contributed by atoms with E-state index in [0.29, 0.717) is 23.9 Å². The van der Waals surface area contributed by atoms with Crippen molar-refractivity contribution in [3.63, 3.8) is 0 Å². The van der Waals surface area contributed by atoms with Gasteiger partial charge in [-0.3, -0.25) is 9.78 Å².